The van der Waals surface area contributed by atoms with Crippen molar-refractivity contribution in [3.05, 3.63) is 48.0 Å². The number of aromatic hydroxyl groups is 2. The summed E-state index contributed by atoms with van der Waals surface area (Å²) in [6.07, 6.45) is -0.523. The Kier molecular flexibility index (Phi) is 4.50. The molecule has 2 rings (SSSR count). The van der Waals surface area contributed by atoms with Gasteiger partial charge in [-0.3, -0.25) is 5.32 Å². The lowest BCUT2D eigenvalue weighted by Crippen LogP contribution is -2.10. The van der Waals surface area contributed by atoms with Crippen LogP contribution < -0.4 is 10.6 Å². The molecule has 0 saturated carbocycles. The Morgan fingerprint density at radius 3 is 2.38 bits per heavy atom. The molecule has 0 aliphatic heterocycles. The normalized spacial score (nSPS) is 9.95. The molecule has 0 bridgehead atoms. The quantitative estimate of drug-likeness (QED) is 0.694. The summed E-state index contributed by atoms with van der Waals surface area (Å²) in [6.45, 7) is 0.413. The number of rotatable bonds is 4. The fourth-order valence-electron chi connectivity index (χ4n) is 1.74. The van der Waals surface area contributed by atoms with Crippen molar-refractivity contribution in [2.24, 2.45) is 0 Å². The monoisotopic (exact) mass is 288 g/mol. The van der Waals surface area contributed by atoms with E-state index in [1.54, 1.807) is 30.3 Å². The van der Waals surface area contributed by atoms with Crippen LogP contribution in [0, 0.1) is 0 Å². The number of benzene rings is 2. The van der Waals surface area contributed by atoms with E-state index < -0.39 is 6.09 Å². The number of methoxy groups -OCH3 is 1. The van der Waals surface area contributed by atoms with Crippen LogP contribution in [0.4, 0.5) is 16.2 Å². The van der Waals surface area contributed by atoms with Crippen LogP contribution in [-0.2, 0) is 11.3 Å². The maximum absolute atomic E-state index is 11.0. The first kappa shape index (κ1) is 14.5. The molecule has 21 heavy (non-hydrogen) atoms. The number of ether oxygens (including phenoxy) is 1. The van der Waals surface area contributed by atoms with Gasteiger partial charge in [0.05, 0.1) is 7.11 Å². The highest BCUT2D eigenvalue weighted by Crippen LogP contribution is 2.23. The molecule has 0 radical (unpaired) electrons. The predicted octanol–water partition coefficient (Wildman–Crippen LogP) is 2.89. The molecule has 0 unspecified atom stereocenters. The molecule has 6 heteroatoms. The lowest BCUT2D eigenvalue weighted by atomic mass is 10.2. The third-order valence-corrected chi connectivity index (χ3v) is 2.87. The van der Waals surface area contributed by atoms with Crippen molar-refractivity contribution in [2.75, 3.05) is 17.7 Å². The van der Waals surface area contributed by atoms with Gasteiger partial charge in [-0.1, -0.05) is 0 Å². The summed E-state index contributed by atoms with van der Waals surface area (Å²) in [6, 6.07) is 11.5. The molecule has 0 heterocycles. The van der Waals surface area contributed by atoms with E-state index in [1.807, 2.05) is 0 Å². The Morgan fingerprint density at radius 1 is 1.10 bits per heavy atom. The molecule has 0 fully saturated rings. The minimum absolute atomic E-state index is 0.0227. The van der Waals surface area contributed by atoms with Crippen LogP contribution in [0.5, 0.6) is 11.5 Å². The average Bonchev–Trinajstić information content (AvgIpc) is 2.48. The van der Waals surface area contributed by atoms with E-state index in [4.69, 9.17) is 0 Å². The molecule has 0 aliphatic rings. The zero-order valence-corrected chi connectivity index (χ0v) is 11.5. The van der Waals surface area contributed by atoms with Gasteiger partial charge in [0.25, 0.3) is 0 Å². The second-order valence-electron chi connectivity index (χ2n) is 4.36. The van der Waals surface area contributed by atoms with Crippen molar-refractivity contribution in [3.63, 3.8) is 0 Å². The minimum atomic E-state index is -0.523. The Hall–Kier alpha value is -2.89. The van der Waals surface area contributed by atoms with Crippen molar-refractivity contribution in [1.82, 2.24) is 0 Å². The largest absolute Gasteiger partial charge is 0.508 e. The van der Waals surface area contributed by atoms with Crippen molar-refractivity contribution in [2.45, 2.75) is 6.54 Å². The topological polar surface area (TPSA) is 90.8 Å². The van der Waals surface area contributed by atoms with E-state index in [2.05, 4.69) is 15.4 Å². The average molecular weight is 288 g/mol. The van der Waals surface area contributed by atoms with E-state index >= 15 is 0 Å². The van der Waals surface area contributed by atoms with Gasteiger partial charge in [-0.15, -0.1) is 0 Å². The summed E-state index contributed by atoms with van der Waals surface area (Å²) in [5.74, 6) is 0.0564. The van der Waals surface area contributed by atoms with Crippen LogP contribution >= 0.6 is 0 Å². The van der Waals surface area contributed by atoms with Gasteiger partial charge in [0.1, 0.15) is 11.5 Å². The molecule has 1 amide bonds. The Labute approximate surface area is 122 Å². The van der Waals surface area contributed by atoms with E-state index in [9.17, 15) is 15.0 Å². The second-order valence-corrected chi connectivity index (χ2v) is 4.36. The Morgan fingerprint density at radius 2 is 1.76 bits per heavy atom. The molecule has 110 valence electrons. The first-order valence-electron chi connectivity index (χ1n) is 6.28. The van der Waals surface area contributed by atoms with Gasteiger partial charge in [-0.25, -0.2) is 4.79 Å². The van der Waals surface area contributed by atoms with E-state index in [0.29, 0.717) is 17.8 Å². The summed E-state index contributed by atoms with van der Waals surface area (Å²) < 4.78 is 4.50. The highest BCUT2D eigenvalue weighted by molar-refractivity contribution is 5.84. The zero-order chi connectivity index (χ0) is 15.2. The van der Waals surface area contributed by atoms with Gasteiger partial charge in [-0.2, -0.15) is 0 Å². The Bertz CT molecular complexity index is 626. The third-order valence-electron chi connectivity index (χ3n) is 2.87. The zero-order valence-electron chi connectivity index (χ0n) is 11.5. The molecule has 6 nitrogen and oxygen atoms in total. The maximum Gasteiger partial charge on any atom is 0.411 e. The summed E-state index contributed by atoms with van der Waals surface area (Å²) in [4.78, 5) is 11.0. The van der Waals surface area contributed by atoms with Gasteiger partial charge in [-0.05, 0) is 36.4 Å². The SMILES string of the molecule is COC(=O)Nc1ccc(NCc2ccc(O)cc2O)cc1. The molecule has 0 saturated heterocycles. The summed E-state index contributed by atoms with van der Waals surface area (Å²) >= 11 is 0. The number of carbonyl (C=O) groups is 1. The van der Waals surface area contributed by atoms with E-state index in [1.165, 1.54) is 19.2 Å². The van der Waals surface area contributed by atoms with Crippen molar-refractivity contribution in [3.8, 4) is 11.5 Å². The van der Waals surface area contributed by atoms with Gasteiger partial charge < -0.3 is 20.3 Å². The third kappa shape index (κ3) is 4.04. The van der Waals surface area contributed by atoms with Crippen molar-refractivity contribution >= 4 is 17.5 Å². The maximum atomic E-state index is 11.0. The number of hydrogen-bond donors (Lipinski definition) is 4. The first-order chi connectivity index (χ1) is 10.1. The highest BCUT2D eigenvalue weighted by Gasteiger charge is 2.03. The van der Waals surface area contributed by atoms with E-state index in [0.717, 1.165) is 5.69 Å². The lowest BCUT2D eigenvalue weighted by Gasteiger charge is -2.09. The minimum Gasteiger partial charge on any atom is -0.508 e. The molecule has 0 spiro atoms. The van der Waals surface area contributed by atoms with Gasteiger partial charge >= 0.3 is 6.09 Å². The smallest absolute Gasteiger partial charge is 0.411 e. The summed E-state index contributed by atoms with van der Waals surface area (Å²) in [5, 5.41) is 24.6. The van der Waals surface area contributed by atoms with Crippen LogP contribution in [-0.4, -0.2) is 23.4 Å². The van der Waals surface area contributed by atoms with Crippen LogP contribution in [0.25, 0.3) is 0 Å². The highest BCUT2D eigenvalue weighted by atomic mass is 16.5. The molecule has 0 aromatic heterocycles. The lowest BCUT2D eigenvalue weighted by molar-refractivity contribution is 0.187. The van der Waals surface area contributed by atoms with Gasteiger partial charge in [0.15, 0.2) is 0 Å². The van der Waals surface area contributed by atoms with Crippen molar-refractivity contribution < 1.29 is 19.7 Å². The summed E-state index contributed by atoms with van der Waals surface area (Å²) in [7, 11) is 1.30. The molecule has 4 N–H and O–H groups in total. The molecule has 0 atom stereocenters. The predicted molar refractivity (Wildman–Crippen MR) is 79.6 cm³/mol. The number of amides is 1. The molecular weight excluding hydrogens is 272 g/mol. The fraction of sp³-hybridized carbons (Fsp3) is 0.133. The number of hydrogen-bond acceptors (Lipinski definition) is 5. The molecular formula is C15H16N2O4. The Balaban J connectivity index is 1.96. The van der Waals surface area contributed by atoms with Crippen LogP contribution in [0.2, 0.25) is 0 Å². The number of phenolic OH excluding ortho intramolecular Hbond substituents is 2. The number of carbonyl (C=O) groups excluding carboxylic acids is 1. The van der Waals surface area contributed by atoms with Crippen LogP contribution in [0.1, 0.15) is 5.56 Å². The fourth-order valence-corrected chi connectivity index (χ4v) is 1.74. The number of phenols is 2. The molecule has 2 aromatic rings. The number of anilines is 2. The van der Waals surface area contributed by atoms with Gasteiger partial charge in [0.2, 0.25) is 0 Å². The van der Waals surface area contributed by atoms with Crippen LogP contribution in [0.3, 0.4) is 0 Å². The first-order valence-corrected chi connectivity index (χ1v) is 6.28. The van der Waals surface area contributed by atoms with E-state index in [-0.39, 0.29) is 11.5 Å². The second kappa shape index (κ2) is 6.51. The summed E-state index contributed by atoms with van der Waals surface area (Å²) in [5.41, 5.74) is 2.13. The number of nitrogens with one attached hydrogen (secondary N) is 2. The van der Waals surface area contributed by atoms with Crippen molar-refractivity contribution in [1.29, 1.82) is 0 Å². The standard InChI is InChI=1S/C15H16N2O4/c1-21-15(20)17-12-5-3-11(4-6-12)16-9-10-2-7-13(18)8-14(10)19/h2-8,16,18-19H,9H2,1H3,(H,17,20). The molecule has 2 aromatic carbocycles. The van der Waals surface area contributed by atoms with Crippen LogP contribution in [0.15, 0.2) is 42.5 Å². The molecule has 0 aliphatic carbocycles. The van der Waals surface area contributed by atoms with Gasteiger partial charge in [0, 0.05) is 29.5 Å².